The molecule has 0 aliphatic carbocycles. The highest BCUT2D eigenvalue weighted by Crippen LogP contribution is 2.28. The van der Waals surface area contributed by atoms with Gasteiger partial charge >= 0.3 is 16.4 Å². The number of anilines is 1. The summed E-state index contributed by atoms with van der Waals surface area (Å²) < 4.78 is 38.4. The van der Waals surface area contributed by atoms with Gasteiger partial charge in [0.05, 0.1) is 12.2 Å². The second-order valence-electron chi connectivity index (χ2n) is 7.28. The molecule has 9 nitrogen and oxygen atoms in total. The van der Waals surface area contributed by atoms with E-state index in [4.69, 9.17) is 9.29 Å². The van der Waals surface area contributed by atoms with Crippen LogP contribution in [0.2, 0.25) is 0 Å². The lowest BCUT2D eigenvalue weighted by Gasteiger charge is -2.37. The first-order valence-corrected chi connectivity index (χ1v) is 9.98. The van der Waals surface area contributed by atoms with Crippen LogP contribution in [0, 0.1) is 0 Å². The number of hydrogen-bond donors (Lipinski definition) is 3. The molecule has 0 saturated heterocycles. The SMILES string of the molecule is CCNC(=O)[C@@H]1Cc2ccc(NS(=O)(=O)O)cc2CN1C(=O)OC(C)(C)C. The van der Waals surface area contributed by atoms with Gasteiger partial charge in [0.15, 0.2) is 0 Å². The predicted molar refractivity (Wildman–Crippen MR) is 99.6 cm³/mol. The first kappa shape index (κ1) is 21.0. The second kappa shape index (κ2) is 7.73. The summed E-state index contributed by atoms with van der Waals surface area (Å²) in [6, 6.07) is 3.95. The number of nitrogens with zero attached hydrogens (tertiary/aromatic N) is 1. The van der Waals surface area contributed by atoms with Gasteiger partial charge in [-0.05, 0) is 51.0 Å². The molecule has 0 fully saturated rings. The largest absolute Gasteiger partial charge is 0.444 e. The summed E-state index contributed by atoms with van der Waals surface area (Å²) in [6.07, 6.45) is -0.357. The fourth-order valence-electron chi connectivity index (χ4n) is 2.84. The molecule has 2 amide bonds. The Morgan fingerprint density at radius 2 is 1.96 bits per heavy atom. The topological polar surface area (TPSA) is 125 Å². The van der Waals surface area contributed by atoms with Crippen molar-refractivity contribution in [1.29, 1.82) is 0 Å². The van der Waals surface area contributed by atoms with Gasteiger partial charge in [-0.15, -0.1) is 0 Å². The van der Waals surface area contributed by atoms with Crippen molar-refractivity contribution in [3.8, 4) is 0 Å². The molecule has 1 aliphatic rings. The molecule has 0 aromatic heterocycles. The Bertz CT molecular complexity index is 832. The van der Waals surface area contributed by atoms with E-state index < -0.39 is 28.0 Å². The van der Waals surface area contributed by atoms with Gasteiger partial charge in [0.25, 0.3) is 0 Å². The van der Waals surface area contributed by atoms with Gasteiger partial charge in [-0.2, -0.15) is 8.42 Å². The van der Waals surface area contributed by atoms with Crippen LogP contribution in [0.25, 0.3) is 0 Å². The molecule has 0 radical (unpaired) electrons. The number of nitrogens with one attached hydrogen (secondary N) is 2. The standard InChI is InChI=1S/C17H25N3O6S/c1-5-18-15(21)14-9-11-6-7-13(19-27(23,24)25)8-12(11)10-20(14)16(22)26-17(2,3)4/h6-8,14,19H,5,9-10H2,1-4H3,(H,18,21)(H,23,24,25)/t14-/m0/s1. The molecule has 150 valence electrons. The molecule has 0 spiro atoms. The third kappa shape index (κ3) is 5.83. The zero-order valence-electron chi connectivity index (χ0n) is 15.8. The number of hydrogen-bond acceptors (Lipinski definition) is 5. The van der Waals surface area contributed by atoms with E-state index in [-0.39, 0.29) is 24.6 Å². The van der Waals surface area contributed by atoms with Crippen molar-refractivity contribution in [3.63, 3.8) is 0 Å². The second-order valence-corrected chi connectivity index (χ2v) is 8.44. The van der Waals surface area contributed by atoms with Crippen molar-refractivity contribution in [1.82, 2.24) is 10.2 Å². The summed E-state index contributed by atoms with van der Waals surface area (Å²) in [5.74, 6) is -0.283. The number of ether oxygens (including phenoxy) is 1. The maximum Gasteiger partial charge on any atom is 0.411 e. The van der Waals surface area contributed by atoms with Gasteiger partial charge in [-0.25, -0.2) is 4.79 Å². The molecule has 1 aliphatic heterocycles. The highest BCUT2D eigenvalue weighted by Gasteiger charge is 2.37. The van der Waals surface area contributed by atoms with E-state index in [0.717, 1.165) is 5.56 Å². The highest BCUT2D eigenvalue weighted by molar-refractivity contribution is 7.87. The molecule has 0 unspecified atom stereocenters. The molecule has 1 atom stereocenters. The number of carbonyl (C=O) groups excluding carboxylic acids is 2. The lowest BCUT2D eigenvalue weighted by Crippen LogP contribution is -2.53. The van der Waals surface area contributed by atoms with Crippen LogP contribution in [0.1, 0.15) is 38.8 Å². The number of benzene rings is 1. The Morgan fingerprint density at radius 3 is 2.52 bits per heavy atom. The first-order valence-electron chi connectivity index (χ1n) is 8.54. The number of carbonyl (C=O) groups is 2. The molecule has 1 aromatic carbocycles. The summed E-state index contributed by atoms with van der Waals surface area (Å²) in [7, 11) is -4.41. The number of fused-ring (bicyclic) bond motifs is 1. The monoisotopic (exact) mass is 399 g/mol. The van der Waals surface area contributed by atoms with Crippen LogP contribution >= 0.6 is 0 Å². The first-order chi connectivity index (χ1) is 12.4. The number of rotatable bonds is 4. The third-order valence-corrected chi connectivity index (χ3v) is 4.36. The molecule has 0 bridgehead atoms. The van der Waals surface area contributed by atoms with Gasteiger partial charge in [-0.3, -0.25) is 19.0 Å². The summed E-state index contributed by atoms with van der Waals surface area (Å²) in [6.45, 7) is 7.50. The van der Waals surface area contributed by atoms with Gasteiger partial charge in [0.2, 0.25) is 5.91 Å². The predicted octanol–water partition coefficient (Wildman–Crippen LogP) is 1.70. The van der Waals surface area contributed by atoms with E-state index >= 15 is 0 Å². The average molecular weight is 399 g/mol. The smallest absolute Gasteiger partial charge is 0.411 e. The van der Waals surface area contributed by atoms with Crippen LogP contribution in [0.15, 0.2) is 18.2 Å². The normalized spacial score (nSPS) is 17.1. The van der Waals surface area contributed by atoms with Crippen LogP contribution in [0.4, 0.5) is 10.5 Å². The van der Waals surface area contributed by atoms with Crippen LogP contribution in [-0.4, -0.2) is 48.1 Å². The zero-order valence-corrected chi connectivity index (χ0v) is 16.6. The Morgan fingerprint density at radius 1 is 1.30 bits per heavy atom. The van der Waals surface area contributed by atoms with Crippen molar-refractivity contribution in [2.45, 2.75) is 52.3 Å². The van der Waals surface area contributed by atoms with E-state index in [0.29, 0.717) is 12.1 Å². The van der Waals surface area contributed by atoms with Crippen LogP contribution in [-0.2, 0) is 32.8 Å². The summed E-state index contributed by atoms with van der Waals surface area (Å²) >= 11 is 0. The van der Waals surface area contributed by atoms with Gasteiger partial charge in [0, 0.05) is 13.0 Å². The maximum atomic E-state index is 12.6. The maximum absolute atomic E-state index is 12.6. The van der Waals surface area contributed by atoms with Crippen LogP contribution < -0.4 is 10.0 Å². The average Bonchev–Trinajstić information content (AvgIpc) is 2.50. The van der Waals surface area contributed by atoms with Gasteiger partial charge in [-0.1, -0.05) is 6.07 Å². The molecule has 2 rings (SSSR count). The lowest BCUT2D eigenvalue weighted by molar-refractivity contribution is -0.126. The molecule has 27 heavy (non-hydrogen) atoms. The highest BCUT2D eigenvalue weighted by atomic mass is 32.2. The lowest BCUT2D eigenvalue weighted by atomic mass is 9.93. The minimum Gasteiger partial charge on any atom is -0.444 e. The van der Waals surface area contributed by atoms with Crippen molar-refractivity contribution in [3.05, 3.63) is 29.3 Å². The minimum absolute atomic E-state index is 0.0764. The van der Waals surface area contributed by atoms with Crippen molar-refractivity contribution in [2.24, 2.45) is 0 Å². The Hall–Kier alpha value is -2.33. The quantitative estimate of drug-likeness (QED) is 0.662. The zero-order chi connectivity index (χ0) is 20.4. The van der Waals surface area contributed by atoms with Gasteiger partial charge in [0.1, 0.15) is 11.6 Å². The summed E-state index contributed by atoms with van der Waals surface area (Å²) in [4.78, 5) is 26.4. The van der Waals surface area contributed by atoms with Crippen LogP contribution in [0.3, 0.4) is 0 Å². The number of amides is 2. The minimum atomic E-state index is -4.41. The molecule has 1 aromatic rings. The van der Waals surface area contributed by atoms with Crippen molar-refractivity contribution in [2.75, 3.05) is 11.3 Å². The summed E-state index contributed by atoms with van der Waals surface area (Å²) in [5, 5.41) is 2.72. The Labute approximate surface area is 159 Å². The van der Waals surface area contributed by atoms with E-state index in [1.807, 2.05) is 4.72 Å². The van der Waals surface area contributed by atoms with E-state index in [2.05, 4.69) is 5.32 Å². The fourth-order valence-corrected chi connectivity index (χ4v) is 3.26. The van der Waals surface area contributed by atoms with E-state index in [1.165, 1.54) is 17.0 Å². The third-order valence-electron chi connectivity index (χ3n) is 3.86. The molecule has 0 saturated carbocycles. The van der Waals surface area contributed by atoms with E-state index in [9.17, 15) is 18.0 Å². The van der Waals surface area contributed by atoms with Crippen molar-refractivity contribution < 1.29 is 27.3 Å². The molecule has 1 heterocycles. The van der Waals surface area contributed by atoms with Crippen LogP contribution in [0.5, 0.6) is 0 Å². The molecule has 3 N–H and O–H groups in total. The van der Waals surface area contributed by atoms with Gasteiger partial charge < -0.3 is 10.1 Å². The number of likely N-dealkylation sites (N-methyl/N-ethyl adjacent to an activating group) is 1. The van der Waals surface area contributed by atoms with Crippen molar-refractivity contribution >= 4 is 28.0 Å². The Kier molecular flexibility index (Phi) is 6.01. The fraction of sp³-hybridized carbons (Fsp3) is 0.529. The van der Waals surface area contributed by atoms with E-state index in [1.54, 1.807) is 33.8 Å². The summed E-state index contributed by atoms with van der Waals surface area (Å²) in [5.41, 5.74) is 0.913. The Balaban J connectivity index is 2.35. The molecular formula is C17H25N3O6S. The molecule has 10 heteroatoms. The molecular weight excluding hydrogens is 374 g/mol.